The molecule has 4 aromatic rings. The Bertz CT molecular complexity index is 1300. The molecule has 1 N–H and O–H groups in total. The van der Waals surface area contributed by atoms with Crippen LogP contribution in [0.4, 0.5) is 0 Å². The van der Waals surface area contributed by atoms with Gasteiger partial charge in [-0.05, 0) is 54.1 Å². The highest BCUT2D eigenvalue weighted by atomic mass is 32.2. The number of fused-ring (bicyclic) bond motifs is 1. The van der Waals surface area contributed by atoms with Crippen LogP contribution in [-0.2, 0) is 16.6 Å². The monoisotopic (exact) mass is 399 g/mol. The average molecular weight is 399 g/mol. The molecule has 0 amide bonds. The number of hydrogen-bond acceptors (Lipinski definition) is 4. The number of nitrogens with zero attached hydrogens (tertiary/aromatic N) is 2. The first kappa shape index (κ1) is 18.8. The number of hydrogen-bond donors (Lipinski definition) is 1. The summed E-state index contributed by atoms with van der Waals surface area (Å²) in [5, 5.41) is 0.930. The molecule has 6 heteroatoms. The molecule has 2 aromatic carbocycles. The Morgan fingerprint density at radius 3 is 2.24 bits per heavy atom. The summed E-state index contributed by atoms with van der Waals surface area (Å²) >= 11 is 0. The lowest BCUT2D eigenvalue weighted by Crippen LogP contribution is -2.23. The van der Waals surface area contributed by atoms with E-state index in [0.29, 0.717) is 0 Å². The number of para-hydroxylation sites is 1. The molecule has 0 aliphatic carbocycles. The van der Waals surface area contributed by atoms with E-state index < -0.39 is 10.0 Å². The van der Waals surface area contributed by atoms with Crippen LogP contribution >= 0.6 is 0 Å². The van der Waals surface area contributed by atoms with Crippen LogP contribution in [0.25, 0.3) is 10.9 Å². The van der Waals surface area contributed by atoms with E-state index in [0.717, 1.165) is 27.6 Å². The van der Waals surface area contributed by atoms with Gasteiger partial charge in [0, 0.05) is 41.6 Å². The van der Waals surface area contributed by atoms with Gasteiger partial charge < -0.3 is 0 Å². The van der Waals surface area contributed by atoms with E-state index in [1.165, 1.54) is 0 Å². The molecular weight excluding hydrogens is 382 g/mol. The highest BCUT2D eigenvalue weighted by Crippen LogP contribution is 2.17. The summed E-state index contributed by atoms with van der Waals surface area (Å²) in [4.78, 5) is 8.45. The van der Waals surface area contributed by atoms with Gasteiger partial charge in [0.2, 0.25) is 10.0 Å². The van der Waals surface area contributed by atoms with Crippen molar-refractivity contribution >= 4 is 20.9 Å². The summed E-state index contributed by atoms with van der Waals surface area (Å²) in [6, 6.07) is 19.6. The maximum absolute atomic E-state index is 12.7. The van der Waals surface area contributed by atoms with Crippen LogP contribution in [0.2, 0.25) is 0 Å². The van der Waals surface area contributed by atoms with Gasteiger partial charge >= 0.3 is 0 Å². The third kappa shape index (κ3) is 4.49. The van der Waals surface area contributed by atoms with E-state index in [2.05, 4.69) is 26.5 Å². The Morgan fingerprint density at radius 1 is 0.793 bits per heavy atom. The quantitative estimate of drug-likeness (QED) is 0.533. The number of sulfonamides is 1. The lowest BCUT2D eigenvalue weighted by atomic mass is 10.1. The summed E-state index contributed by atoms with van der Waals surface area (Å²) in [5.41, 5.74) is 3.30. The molecule has 142 valence electrons. The largest absolute Gasteiger partial charge is 0.265 e. The van der Waals surface area contributed by atoms with Crippen molar-refractivity contribution in [3.05, 3.63) is 102 Å². The Labute approximate surface area is 169 Å². The van der Waals surface area contributed by atoms with Gasteiger partial charge in [-0.3, -0.25) is 9.97 Å². The van der Waals surface area contributed by atoms with Crippen molar-refractivity contribution in [2.45, 2.75) is 11.4 Å². The van der Waals surface area contributed by atoms with Crippen LogP contribution in [0.1, 0.15) is 16.7 Å². The van der Waals surface area contributed by atoms with Gasteiger partial charge in [0.15, 0.2) is 0 Å². The van der Waals surface area contributed by atoms with Gasteiger partial charge in [0.05, 0.1) is 10.4 Å². The maximum Gasteiger partial charge on any atom is 0.240 e. The average Bonchev–Trinajstić information content (AvgIpc) is 2.77. The van der Waals surface area contributed by atoms with Gasteiger partial charge in [-0.15, -0.1) is 0 Å². The topological polar surface area (TPSA) is 72.0 Å². The molecule has 0 saturated heterocycles. The first-order valence-corrected chi connectivity index (χ1v) is 10.4. The standard InChI is InChI=1S/C23H17N3O2S/c27-29(28,26-17-20-13-16-25-23-4-2-1-3-22(20)23)21-9-7-18(8-10-21)5-6-19-11-14-24-15-12-19/h1-4,7-16,26H,17H2. The van der Waals surface area contributed by atoms with E-state index in [-0.39, 0.29) is 11.4 Å². The molecule has 0 saturated carbocycles. The Kier molecular flexibility index (Phi) is 5.34. The predicted molar refractivity (Wildman–Crippen MR) is 112 cm³/mol. The minimum Gasteiger partial charge on any atom is -0.265 e. The van der Waals surface area contributed by atoms with Crippen molar-refractivity contribution in [3.8, 4) is 11.8 Å². The molecule has 0 unspecified atom stereocenters. The molecular formula is C23H17N3O2S. The van der Waals surface area contributed by atoms with Crippen molar-refractivity contribution in [1.82, 2.24) is 14.7 Å². The minimum absolute atomic E-state index is 0.189. The van der Waals surface area contributed by atoms with Crippen LogP contribution in [-0.4, -0.2) is 18.4 Å². The zero-order valence-corrected chi connectivity index (χ0v) is 16.2. The Morgan fingerprint density at radius 2 is 1.48 bits per heavy atom. The number of nitrogens with one attached hydrogen (secondary N) is 1. The van der Waals surface area contributed by atoms with E-state index in [1.54, 1.807) is 42.9 Å². The number of aromatic nitrogens is 2. The predicted octanol–water partition coefficient (Wildman–Crippen LogP) is 3.51. The fraction of sp³-hybridized carbons (Fsp3) is 0.0435. The normalized spacial score (nSPS) is 11.0. The van der Waals surface area contributed by atoms with Gasteiger partial charge in [-0.2, -0.15) is 0 Å². The second kappa shape index (κ2) is 8.23. The molecule has 4 rings (SSSR count). The second-order valence-corrected chi connectivity index (χ2v) is 8.09. The summed E-state index contributed by atoms with van der Waals surface area (Å²) < 4.78 is 28.0. The molecule has 5 nitrogen and oxygen atoms in total. The van der Waals surface area contributed by atoms with Gasteiger partial charge in [-0.1, -0.05) is 30.0 Å². The highest BCUT2D eigenvalue weighted by Gasteiger charge is 2.14. The summed E-state index contributed by atoms with van der Waals surface area (Å²) in [6.45, 7) is 0.189. The highest BCUT2D eigenvalue weighted by molar-refractivity contribution is 7.89. The summed E-state index contributed by atoms with van der Waals surface area (Å²) in [6.07, 6.45) is 5.04. The van der Waals surface area contributed by atoms with Crippen LogP contribution < -0.4 is 4.72 Å². The third-order valence-corrected chi connectivity index (χ3v) is 5.81. The molecule has 0 fully saturated rings. The van der Waals surface area contributed by atoms with Crippen molar-refractivity contribution in [3.63, 3.8) is 0 Å². The van der Waals surface area contributed by atoms with Crippen LogP contribution in [0.5, 0.6) is 0 Å². The van der Waals surface area contributed by atoms with E-state index >= 15 is 0 Å². The molecule has 0 aliphatic rings. The molecule has 0 atom stereocenters. The second-order valence-electron chi connectivity index (χ2n) is 6.32. The summed E-state index contributed by atoms with van der Waals surface area (Å²) in [7, 11) is -3.64. The van der Waals surface area contributed by atoms with Gasteiger partial charge in [0.1, 0.15) is 0 Å². The molecule has 0 radical (unpaired) electrons. The van der Waals surface area contributed by atoms with Gasteiger partial charge in [-0.25, -0.2) is 13.1 Å². The fourth-order valence-electron chi connectivity index (χ4n) is 2.86. The molecule has 29 heavy (non-hydrogen) atoms. The third-order valence-electron chi connectivity index (χ3n) is 4.39. The van der Waals surface area contributed by atoms with E-state index in [9.17, 15) is 8.42 Å². The van der Waals surface area contributed by atoms with E-state index in [1.807, 2.05) is 42.5 Å². The van der Waals surface area contributed by atoms with E-state index in [4.69, 9.17) is 0 Å². The Balaban J connectivity index is 1.49. The maximum atomic E-state index is 12.7. The lowest BCUT2D eigenvalue weighted by Gasteiger charge is -2.09. The minimum atomic E-state index is -3.64. The fourth-order valence-corrected chi connectivity index (χ4v) is 3.87. The SMILES string of the molecule is O=S(=O)(NCc1ccnc2ccccc12)c1ccc(C#Cc2ccncc2)cc1. The Hall–Kier alpha value is -3.53. The van der Waals surface area contributed by atoms with Crippen LogP contribution in [0.3, 0.4) is 0 Å². The number of rotatable bonds is 4. The van der Waals surface area contributed by atoms with Gasteiger partial charge in [0.25, 0.3) is 0 Å². The van der Waals surface area contributed by atoms with Crippen LogP contribution in [0.15, 0.2) is 90.2 Å². The zero-order chi connectivity index (χ0) is 20.1. The summed E-state index contributed by atoms with van der Waals surface area (Å²) in [5.74, 6) is 6.04. The van der Waals surface area contributed by atoms with Crippen molar-refractivity contribution in [2.24, 2.45) is 0 Å². The lowest BCUT2D eigenvalue weighted by molar-refractivity contribution is 0.581. The van der Waals surface area contributed by atoms with Crippen molar-refractivity contribution < 1.29 is 8.42 Å². The zero-order valence-electron chi connectivity index (χ0n) is 15.4. The number of pyridine rings is 2. The molecule has 0 spiro atoms. The smallest absolute Gasteiger partial charge is 0.240 e. The molecule has 0 aliphatic heterocycles. The van der Waals surface area contributed by atoms with Crippen LogP contribution in [0, 0.1) is 11.8 Å². The number of benzene rings is 2. The van der Waals surface area contributed by atoms with Crippen molar-refractivity contribution in [2.75, 3.05) is 0 Å². The molecule has 2 aromatic heterocycles. The molecule has 0 bridgehead atoms. The first-order valence-electron chi connectivity index (χ1n) is 8.96. The molecule has 2 heterocycles. The van der Waals surface area contributed by atoms with Crippen molar-refractivity contribution in [1.29, 1.82) is 0 Å². The first-order chi connectivity index (χ1) is 14.1.